The lowest BCUT2D eigenvalue weighted by atomic mass is 9.77. The second kappa shape index (κ2) is 8.52. The largest absolute Gasteiger partial charge is 0.467 e. The van der Waals surface area contributed by atoms with Crippen LogP contribution < -0.4 is 4.74 Å². The average molecular weight is 422 g/mol. The summed E-state index contributed by atoms with van der Waals surface area (Å²) in [6, 6.07) is 3.77. The van der Waals surface area contributed by atoms with Gasteiger partial charge in [0, 0.05) is 35.2 Å². The number of rotatable bonds is 4. The van der Waals surface area contributed by atoms with Crippen LogP contribution >= 0.6 is 11.6 Å². The highest BCUT2D eigenvalue weighted by molar-refractivity contribution is 6.30. The molecule has 1 aromatic carbocycles. The molecule has 0 radical (unpaired) electrons. The molecule has 1 amide bonds. The molecule has 1 aliphatic carbocycles. The molecular formula is C22H28ClNO5. The van der Waals surface area contributed by atoms with Crippen molar-refractivity contribution >= 4 is 23.5 Å². The SMILES string of the molecule is C[C@@H]1[C@H](C)CCC[C@H]1N1C[C@H](C(=O)OCc2cc(Cl)cc3c2OCOC3)CC1=O. The summed E-state index contributed by atoms with van der Waals surface area (Å²) < 4.78 is 16.4. The molecule has 0 spiro atoms. The second-order valence-corrected chi connectivity index (χ2v) is 8.99. The Balaban J connectivity index is 1.39. The van der Waals surface area contributed by atoms with Crippen molar-refractivity contribution in [1.82, 2.24) is 4.90 Å². The maximum Gasteiger partial charge on any atom is 0.311 e. The number of carbonyl (C=O) groups is 2. The van der Waals surface area contributed by atoms with Gasteiger partial charge >= 0.3 is 5.97 Å². The Morgan fingerprint density at radius 3 is 2.97 bits per heavy atom. The number of halogens is 1. The summed E-state index contributed by atoms with van der Waals surface area (Å²) >= 11 is 6.17. The fourth-order valence-electron chi connectivity index (χ4n) is 4.83. The number of ether oxygens (including phenoxy) is 3. The van der Waals surface area contributed by atoms with Crippen molar-refractivity contribution in [3.63, 3.8) is 0 Å². The Kier molecular flexibility index (Phi) is 6.02. The first-order valence-electron chi connectivity index (χ1n) is 10.4. The van der Waals surface area contributed by atoms with Gasteiger partial charge in [-0.2, -0.15) is 0 Å². The normalized spacial score (nSPS) is 29.3. The summed E-state index contributed by atoms with van der Waals surface area (Å²) in [5, 5.41) is 0.548. The average Bonchev–Trinajstić information content (AvgIpc) is 3.09. The van der Waals surface area contributed by atoms with E-state index < -0.39 is 5.92 Å². The number of amides is 1. The number of esters is 1. The summed E-state index contributed by atoms with van der Waals surface area (Å²) in [6.45, 7) is 5.59. The Labute approximate surface area is 176 Å². The van der Waals surface area contributed by atoms with Crippen LogP contribution in [0.2, 0.25) is 5.02 Å². The van der Waals surface area contributed by atoms with E-state index in [2.05, 4.69) is 13.8 Å². The zero-order chi connectivity index (χ0) is 20.5. The zero-order valence-corrected chi connectivity index (χ0v) is 17.7. The summed E-state index contributed by atoms with van der Waals surface area (Å²) in [7, 11) is 0. The van der Waals surface area contributed by atoms with Crippen molar-refractivity contribution in [3.05, 3.63) is 28.3 Å². The molecule has 158 valence electrons. The van der Waals surface area contributed by atoms with Crippen molar-refractivity contribution in [3.8, 4) is 5.75 Å². The summed E-state index contributed by atoms with van der Waals surface area (Å²) in [6.07, 6.45) is 3.60. The van der Waals surface area contributed by atoms with Crippen molar-refractivity contribution in [1.29, 1.82) is 0 Å². The van der Waals surface area contributed by atoms with E-state index in [-0.39, 0.29) is 37.7 Å². The summed E-state index contributed by atoms with van der Waals surface area (Å²) in [4.78, 5) is 27.2. The van der Waals surface area contributed by atoms with Gasteiger partial charge in [0.1, 0.15) is 12.4 Å². The van der Waals surface area contributed by atoms with Gasteiger partial charge in [0.2, 0.25) is 5.91 Å². The topological polar surface area (TPSA) is 65.1 Å². The fourth-order valence-corrected chi connectivity index (χ4v) is 5.10. The maximum atomic E-state index is 12.7. The van der Waals surface area contributed by atoms with Gasteiger partial charge in [0.05, 0.1) is 12.5 Å². The number of likely N-dealkylation sites (tertiary alicyclic amines) is 1. The quantitative estimate of drug-likeness (QED) is 0.689. The lowest BCUT2D eigenvalue weighted by Gasteiger charge is -2.39. The molecule has 4 rings (SSSR count). The lowest BCUT2D eigenvalue weighted by Crippen LogP contribution is -2.45. The Morgan fingerprint density at radius 1 is 1.31 bits per heavy atom. The molecule has 2 heterocycles. The number of benzene rings is 1. The predicted molar refractivity (Wildman–Crippen MR) is 107 cm³/mol. The van der Waals surface area contributed by atoms with Crippen LogP contribution in [0.25, 0.3) is 0 Å². The minimum atomic E-state index is -0.411. The number of hydrogen-bond donors (Lipinski definition) is 0. The molecule has 0 bridgehead atoms. The van der Waals surface area contributed by atoms with E-state index in [0.29, 0.717) is 35.8 Å². The van der Waals surface area contributed by atoms with Gasteiger partial charge in [-0.05, 0) is 30.4 Å². The molecule has 7 heteroatoms. The summed E-state index contributed by atoms with van der Waals surface area (Å²) in [5.41, 5.74) is 1.57. The predicted octanol–water partition coefficient (Wildman–Crippen LogP) is 3.92. The van der Waals surface area contributed by atoms with Crippen LogP contribution in [-0.2, 0) is 32.3 Å². The number of hydrogen-bond acceptors (Lipinski definition) is 5. The lowest BCUT2D eigenvalue weighted by molar-refractivity contribution is -0.149. The highest BCUT2D eigenvalue weighted by atomic mass is 35.5. The first-order valence-corrected chi connectivity index (χ1v) is 10.8. The van der Waals surface area contributed by atoms with Crippen LogP contribution in [-0.4, -0.2) is 36.2 Å². The van der Waals surface area contributed by atoms with E-state index in [0.717, 1.165) is 24.0 Å². The fraction of sp³-hybridized carbons (Fsp3) is 0.636. The van der Waals surface area contributed by atoms with Crippen LogP contribution in [0.4, 0.5) is 0 Å². The van der Waals surface area contributed by atoms with Gasteiger partial charge < -0.3 is 19.1 Å². The van der Waals surface area contributed by atoms with E-state index in [1.54, 1.807) is 12.1 Å². The van der Waals surface area contributed by atoms with Gasteiger partial charge in [-0.25, -0.2) is 0 Å². The molecule has 1 saturated carbocycles. The van der Waals surface area contributed by atoms with Crippen LogP contribution in [0, 0.1) is 17.8 Å². The minimum absolute atomic E-state index is 0.0681. The van der Waals surface area contributed by atoms with E-state index in [9.17, 15) is 9.59 Å². The van der Waals surface area contributed by atoms with Gasteiger partial charge in [0.25, 0.3) is 0 Å². The molecule has 0 unspecified atom stereocenters. The summed E-state index contributed by atoms with van der Waals surface area (Å²) in [5.74, 6) is 1.05. The van der Waals surface area contributed by atoms with E-state index in [1.807, 2.05) is 4.90 Å². The van der Waals surface area contributed by atoms with Crippen molar-refractivity contribution < 1.29 is 23.8 Å². The van der Waals surface area contributed by atoms with Crippen LogP contribution in [0.5, 0.6) is 5.75 Å². The van der Waals surface area contributed by atoms with Gasteiger partial charge in [0.15, 0.2) is 6.79 Å². The standard InChI is InChI=1S/C22H28ClNO5/c1-13-4-3-5-19(14(13)2)24-9-15(8-20(24)25)22(26)28-11-17-7-18(23)6-16-10-27-12-29-21(16)17/h6-7,13-15,19H,3-5,8-12H2,1-2H3/t13-,14-,15-,19-/m1/s1. The van der Waals surface area contributed by atoms with E-state index >= 15 is 0 Å². The molecule has 3 aliphatic rings. The Morgan fingerprint density at radius 2 is 2.14 bits per heavy atom. The maximum absolute atomic E-state index is 12.7. The zero-order valence-electron chi connectivity index (χ0n) is 17.0. The van der Waals surface area contributed by atoms with Crippen LogP contribution in [0.1, 0.15) is 50.7 Å². The number of nitrogens with zero attached hydrogens (tertiary/aromatic N) is 1. The molecule has 2 aliphatic heterocycles. The molecule has 6 nitrogen and oxygen atoms in total. The smallest absolute Gasteiger partial charge is 0.311 e. The highest BCUT2D eigenvalue weighted by Gasteiger charge is 2.42. The third-order valence-electron chi connectivity index (χ3n) is 6.68. The highest BCUT2D eigenvalue weighted by Crippen LogP contribution is 2.36. The molecule has 1 aromatic rings. The molecule has 0 N–H and O–H groups in total. The Hall–Kier alpha value is -1.79. The Bertz CT molecular complexity index is 798. The van der Waals surface area contributed by atoms with Gasteiger partial charge in [-0.15, -0.1) is 0 Å². The van der Waals surface area contributed by atoms with Crippen molar-refractivity contribution in [2.75, 3.05) is 13.3 Å². The first-order chi connectivity index (χ1) is 13.9. The van der Waals surface area contributed by atoms with Crippen molar-refractivity contribution in [2.45, 2.75) is 58.8 Å². The monoisotopic (exact) mass is 421 g/mol. The first kappa shape index (κ1) is 20.5. The molecule has 1 saturated heterocycles. The minimum Gasteiger partial charge on any atom is -0.467 e. The molecule has 4 atom stereocenters. The third-order valence-corrected chi connectivity index (χ3v) is 6.90. The molecule has 0 aromatic heterocycles. The number of carbonyl (C=O) groups excluding carboxylic acids is 2. The molecule has 29 heavy (non-hydrogen) atoms. The van der Waals surface area contributed by atoms with Crippen LogP contribution in [0.3, 0.4) is 0 Å². The second-order valence-electron chi connectivity index (χ2n) is 8.55. The van der Waals surface area contributed by atoms with Crippen LogP contribution in [0.15, 0.2) is 12.1 Å². The van der Waals surface area contributed by atoms with Gasteiger partial charge in [-0.3, -0.25) is 9.59 Å². The third kappa shape index (κ3) is 4.24. The molecular weight excluding hydrogens is 394 g/mol. The van der Waals surface area contributed by atoms with E-state index in [4.69, 9.17) is 25.8 Å². The number of fused-ring (bicyclic) bond motifs is 1. The van der Waals surface area contributed by atoms with E-state index in [1.165, 1.54) is 6.42 Å². The molecule has 2 fully saturated rings. The van der Waals surface area contributed by atoms with Gasteiger partial charge in [-0.1, -0.05) is 38.3 Å². The van der Waals surface area contributed by atoms with Crippen molar-refractivity contribution in [2.24, 2.45) is 17.8 Å².